The van der Waals surface area contributed by atoms with Crippen LogP contribution in [0.25, 0.3) is 0 Å². The highest BCUT2D eigenvalue weighted by molar-refractivity contribution is 5.76. The number of carbonyl (C=O) groups excluding carboxylic acids is 1. The minimum atomic E-state index is 0.304. The summed E-state index contributed by atoms with van der Waals surface area (Å²) in [6.45, 7) is 5.15. The van der Waals surface area contributed by atoms with Crippen molar-refractivity contribution in [2.24, 2.45) is 5.92 Å². The van der Waals surface area contributed by atoms with E-state index in [-0.39, 0.29) is 0 Å². The van der Waals surface area contributed by atoms with E-state index in [4.69, 9.17) is 4.74 Å². The summed E-state index contributed by atoms with van der Waals surface area (Å²) in [7, 11) is 0. The molecule has 1 aromatic carbocycles. The van der Waals surface area contributed by atoms with Gasteiger partial charge in [0.15, 0.2) is 0 Å². The van der Waals surface area contributed by atoms with Crippen LogP contribution in [0.2, 0.25) is 0 Å². The number of ether oxygens (including phenoxy) is 1. The quantitative estimate of drug-likeness (QED) is 0.854. The van der Waals surface area contributed by atoms with Crippen LogP contribution in [-0.2, 0) is 9.53 Å². The summed E-state index contributed by atoms with van der Waals surface area (Å²) in [5.41, 5.74) is 1.25. The topological polar surface area (TPSA) is 32.8 Å². The first-order valence-corrected chi connectivity index (χ1v) is 7.98. The molecular weight excluding hydrogens is 264 g/mol. The molecule has 4 heteroatoms. The monoisotopic (exact) mass is 288 g/mol. The zero-order valence-electron chi connectivity index (χ0n) is 12.5. The molecule has 4 nitrogen and oxygen atoms in total. The van der Waals surface area contributed by atoms with Crippen LogP contribution in [0.3, 0.4) is 0 Å². The molecule has 2 aliphatic rings. The van der Waals surface area contributed by atoms with Gasteiger partial charge in [0.25, 0.3) is 0 Å². The molecule has 1 amide bonds. The smallest absolute Gasteiger partial charge is 0.223 e. The van der Waals surface area contributed by atoms with E-state index >= 15 is 0 Å². The third-order valence-corrected chi connectivity index (χ3v) is 4.47. The standard InChI is InChI=1S/C17H24N2O2/c20-17(13-15-5-4-12-21-14-15)19-10-8-18(9-11-19)16-6-2-1-3-7-16/h1-3,6-7,15H,4-5,8-14H2. The van der Waals surface area contributed by atoms with E-state index in [2.05, 4.69) is 29.2 Å². The normalized spacial score (nSPS) is 23.1. The number of hydrogen-bond donors (Lipinski definition) is 0. The average Bonchev–Trinajstić information content (AvgIpc) is 2.57. The first-order chi connectivity index (χ1) is 10.3. The minimum Gasteiger partial charge on any atom is -0.381 e. The number of nitrogens with zero attached hydrogens (tertiary/aromatic N) is 2. The minimum absolute atomic E-state index is 0.304. The summed E-state index contributed by atoms with van der Waals surface area (Å²) in [6.07, 6.45) is 2.89. The number of piperazine rings is 1. The Morgan fingerprint density at radius 1 is 1.14 bits per heavy atom. The molecule has 2 heterocycles. The molecule has 0 saturated carbocycles. The Kier molecular flexibility index (Phi) is 4.76. The molecule has 0 N–H and O–H groups in total. The van der Waals surface area contributed by atoms with Gasteiger partial charge in [-0.1, -0.05) is 18.2 Å². The molecule has 3 rings (SSSR count). The van der Waals surface area contributed by atoms with E-state index in [0.29, 0.717) is 18.2 Å². The van der Waals surface area contributed by atoms with E-state index in [1.165, 1.54) is 5.69 Å². The molecule has 114 valence electrons. The van der Waals surface area contributed by atoms with Crippen LogP contribution in [0, 0.1) is 5.92 Å². The molecule has 2 fully saturated rings. The molecule has 0 aromatic heterocycles. The lowest BCUT2D eigenvalue weighted by molar-refractivity contribution is -0.133. The van der Waals surface area contributed by atoms with E-state index in [0.717, 1.165) is 52.2 Å². The Hall–Kier alpha value is -1.55. The van der Waals surface area contributed by atoms with E-state index in [1.807, 2.05) is 11.0 Å². The van der Waals surface area contributed by atoms with Crippen LogP contribution in [0.15, 0.2) is 30.3 Å². The van der Waals surface area contributed by atoms with Gasteiger partial charge < -0.3 is 14.5 Å². The van der Waals surface area contributed by atoms with Gasteiger partial charge in [0.2, 0.25) is 5.91 Å². The van der Waals surface area contributed by atoms with Crippen molar-refractivity contribution < 1.29 is 9.53 Å². The average molecular weight is 288 g/mol. The molecule has 0 aliphatic carbocycles. The SMILES string of the molecule is O=C(CC1CCCOC1)N1CCN(c2ccccc2)CC1. The first kappa shape index (κ1) is 14.4. The zero-order chi connectivity index (χ0) is 14.5. The molecule has 2 saturated heterocycles. The second kappa shape index (κ2) is 6.94. The Morgan fingerprint density at radius 3 is 2.57 bits per heavy atom. The lowest BCUT2D eigenvalue weighted by atomic mass is 9.98. The van der Waals surface area contributed by atoms with E-state index < -0.39 is 0 Å². The Bertz CT molecular complexity index is 449. The van der Waals surface area contributed by atoms with Crippen LogP contribution in [0.1, 0.15) is 19.3 Å². The molecule has 0 bridgehead atoms. The predicted octanol–water partition coefficient (Wildman–Crippen LogP) is 2.15. The van der Waals surface area contributed by atoms with Crippen LogP contribution >= 0.6 is 0 Å². The number of amides is 1. The van der Waals surface area contributed by atoms with Gasteiger partial charge in [-0.2, -0.15) is 0 Å². The van der Waals surface area contributed by atoms with Crippen molar-refractivity contribution in [3.05, 3.63) is 30.3 Å². The number of benzene rings is 1. The van der Waals surface area contributed by atoms with Crippen molar-refractivity contribution in [3.8, 4) is 0 Å². The molecule has 1 aromatic rings. The second-order valence-electron chi connectivity index (χ2n) is 5.99. The maximum Gasteiger partial charge on any atom is 0.223 e. The molecule has 21 heavy (non-hydrogen) atoms. The Morgan fingerprint density at radius 2 is 1.90 bits per heavy atom. The predicted molar refractivity (Wildman–Crippen MR) is 83.4 cm³/mol. The van der Waals surface area contributed by atoms with Gasteiger partial charge in [0.1, 0.15) is 0 Å². The summed E-state index contributed by atoms with van der Waals surface area (Å²) in [6, 6.07) is 10.4. The van der Waals surface area contributed by atoms with Gasteiger partial charge in [-0.25, -0.2) is 0 Å². The Labute approximate surface area is 126 Å². The lowest BCUT2D eigenvalue weighted by Gasteiger charge is -2.37. The first-order valence-electron chi connectivity index (χ1n) is 7.98. The van der Waals surface area contributed by atoms with Gasteiger partial charge in [0.05, 0.1) is 0 Å². The molecule has 0 spiro atoms. The molecule has 2 aliphatic heterocycles. The largest absolute Gasteiger partial charge is 0.381 e. The van der Waals surface area contributed by atoms with Gasteiger partial charge in [0, 0.05) is 51.5 Å². The number of para-hydroxylation sites is 1. The van der Waals surface area contributed by atoms with Gasteiger partial charge in [-0.05, 0) is 30.9 Å². The fourth-order valence-electron chi connectivity index (χ4n) is 3.20. The highest BCUT2D eigenvalue weighted by atomic mass is 16.5. The summed E-state index contributed by atoms with van der Waals surface area (Å²) >= 11 is 0. The van der Waals surface area contributed by atoms with Crippen molar-refractivity contribution >= 4 is 11.6 Å². The van der Waals surface area contributed by atoms with Crippen molar-refractivity contribution in [2.75, 3.05) is 44.3 Å². The lowest BCUT2D eigenvalue weighted by Crippen LogP contribution is -2.49. The van der Waals surface area contributed by atoms with Crippen LogP contribution < -0.4 is 4.90 Å². The maximum absolute atomic E-state index is 12.4. The second-order valence-corrected chi connectivity index (χ2v) is 5.99. The fourth-order valence-corrected chi connectivity index (χ4v) is 3.20. The third-order valence-electron chi connectivity index (χ3n) is 4.47. The summed E-state index contributed by atoms with van der Waals surface area (Å²) < 4.78 is 5.47. The van der Waals surface area contributed by atoms with Crippen LogP contribution in [-0.4, -0.2) is 50.2 Å². The van der Waals surface area contributed by atoms with Crippen LogP contribution in [0.4, 0.5) is 5.69 Å². The highest BCUT2D eigenvalue weighted by Crippen LogP contribution is 2.20. The zero-order valence-corrected chi connectivity index (χ0v) is 12.5. The van der Waals surface area contributed by atoms with Crippen molar-refractivity contribution in [3.63, 3.8) is 0 Å². The van der Waals surface area contributed by atoms with Crippen molar-refractivity contribution in [2.45, 2.75) is 19.3 Å². The molecule has 1 atom stereocenters. The van der Waals surface area contributed by atoms with Crippen LogP contribution in [0.5, 0.6) is 0 Å². The van der Waals surface area contributed by atoms with Gasteiger partial charge in [-0.15, -0.1) is 0 Å². The van der Waals surface area contributed by atoms with E-state index in [1.54, 1.807) is 0 Å². The summed E-state index contributed by atoms with van der Waals surface area (Å²) in [5.74, 6) is 0.733. The van der Waals surface area contributed by atoms with Gasteiger partial charge >= 0.3 is 0 Å². The number of hydrogen-bond acceptors (Lipinski definition) is 3. The van der Waals surface area contributed by atoms with Crippen molar-refractivity contribution in [1.29, 1.82) is 0 Å². The van der Waals surface area contributed by atoms with Gasteiger partial charge in [-0.3, -0.25) is 4.79 Å². The maximum atomic E-state index is 12.4. The third kappa shape index (κ3) is 3.76. The Balaban J connectivity index is 1.47. The number of carbonyl (C=O) groups is 1. The molecule has 1 unspecified atom stereocenters. The number of anilines is 1. The fraction of sp³-hybridized carbons (Fsp3) is 0.588. The summed E-state index contributed by atoms with van der Waals surface area (Å²) in [4.78, 5) is 16.7. The number of rotatable bonds is 3. The highest BCUT2D eigenvalue weighted by Gasteiger charge is 2.24. The molecule has 0 radical (unpaired) electrons. The summed E-state index contributed by atoms with van der Waals surface area (Å²) in [5, 5.41) is 0. The van der Waals surface area contributed by atoms with E-state index in [9.17, 15) is 4.79 Å². The molecular formula is C17H24N2O2. The van der Waals surface area contributed by atoms with Crippen molar-refractivity contribution in [1.82, 2.24) is 4.90 Å².